The van der Waals surface area contributed by atoms with Crippen molar-refractivity contribution in [2.45, 2.75) is 45.2 Å². The van der Waals surface area contributed by atoms with Crippen LogP contribution in [0.4, 0.5) is 5.82 Å². The van der Waals surface area contributed by atoms with Gasteiger partial charge in [-0.15, -0.1) is 0 Å². The smallest absolute Gasteiger partial charge is 0.136 e. The second-order valence-corrected chi connectivity index (χ2v) is 6.87. The van der Waals surface area contributed by atoms with Crippen molar-refractivity contribution in [1.82, 2.24) is 19.8 Å². The Morgan fingerprint density at radius 2 is 2.09 bits per heavy atom. The minimum atomic E-state index is 0.735. The fourth-order valence-electron chi connectivity index (χ4n) is 4.27. The van der Waals surface area contributed by atoms with Crippen LogP contribution in [0.5, 0.6) is 0 Å². The Hall–Kier alpha value is -1.20. The molecule has 5 nitrogen and oxygen atoms in total. The molecule has 5 heteroatoms. The number of nitrogens with zero attached hydrogens (tertiary/aromatic N) is 5. The molecule has 0 aliphatic carbocycles. The summed E-state index contributed by atoms with van der Waals surface area (Å²) in [7, 11) is 0. The second-order valence-electron chi connectivity index (χ2n) is 6.87. The van der Waals surface area contributed by atoms with Crippen LogP contribution in [0.3, 0.4) is 0 Å². The van der Waals surface area contributed by atoms with Crippen molar-refractivity contribution < 1.29 is 0 Å². The van der Waals surface area contributed by atoms with E-state index in [9.17, 15) is 0 Å². The van der Waals surface area contributed by atoms with E-state index in [1.807, 2.05) is 0 Å². The number of likely N-dealkylation sites (N-methyl/N-ethyl adjacent to an activating group) is 1. The van der Waals surface area contributed by atoms with Crippen LogP contribution in [0, 0.1) is 0 Å². The molecule has 4 heterocycles. The lowest BCUT2D eigenvalue weighted by molar-refractivity contribution is 0.133. The zero-order valence-corrected chi connectivity index (χ0v) is 13.7. The van der Waals surface area contributed by atoms with Gasteiger partial charge in [0, 0.05) is 50.7 Å². The number of piperazine rings is 1. The number of aromatic nitrogens is 2. The van der Waals surface area contributed by atoms with Crippen LogP contribution in [0.1, 0.15) is 37.4 Å². The lowest BCUT2D eigenvalue weighted by Crippen LogP contribution is -2.55. The van der Waals surface area contributed by atoms with Crippen LogP contribution in [-0.2, 0) is 13.0 Å². The highest BCUT2D eigenvalue weighted by molar-refractivity contribution is 5.50. The van der Waals surface area contributed by atoms with E-state index in [0.717, 1.165) is 45.2 Å². The highest BCUT2D eigenvalue weighted by Crippen LogP contribution is 2.29. The number of rotatable bonds is 2. The first-order valence-corrected chi connectivity index (χ1v) is 8.89. The van der Waals surface area contributed by atoms with Gasteiger partial charge >= 0.3 is 0 Å². The van der Waals surface area contributed by atoms with Crippen molar-refractivity contribution in [2.24, 2.45) is 0 Å². The molecule has 0 unspecified atom stereocenters. The van der Waals surface area contributed by atoms with Gasteiger partial charge in [-0.25, -0.2) is 9.97 Å². The van der Waals surface area contributed by atoms with Gasteiger partial charge in [0.1, 0.15) is 12.1 Å². The first kappa shape index (κ1) is 14.4. The predicted molar refractivity (Wildman–Crippen MR) is 88.1 cm³/mol. The van der Waals surface area contributed by atoms with Gasteiger partial charge in [-0.1, -0.05) is 13.3 Å². The van der Waals surface area contributed by atoms with Crippen molar-refractivity contribution in [3.05, 3.63) is 17.6 Å². The maximum Gasteiger partial charge on any atom is 0.136 e. The molecule has 0 radical (unpaired) electrons. The number of hydrogen-bond acceptors (Lipinski definition) is 5. The number of anilines is 1. The molecular formula is C17H27N5. The van der Waals surface area contributed by atoms with E-state index in [0.29, 0.717) is 0 Å². The maximum atomic E-state index is 4.69. The third kappa shape index (κ3) is 2.61. The molecule has 0 amide bonds. The molecule has 3 aliphatic rings. The van der Waals surface area contributed by atoms with Gasteiger partial charge in [0.25, 0.3) is 0 Å². The Bertz CT molecular complexity index is 532. The standard InChI is InChI=1S/C17H27N5/c1-2-20-8-6-16-15(12-20)17(19-13-18-16)22-10-9-21-7-4-3-5-14(21)11-22/h13-14H,2-12H2,1H3/t14-/m1/s1. The molecule has 22 heavy (non-hydrogen) atoms. The molecular weight excluding hydrogens is 274 g/mol. The van der Waals surface area contributed by atoms with Crippen LogP contribution in [0.15, 0.2) is 6.33 Å². The summed E-state index contributed by atoms with van der Waals surface area (Å²) in [5.74, 6) is 1.22. The van der Waals surface area contributed by atoms with Crippen molar-refractivity contribution in [1.29, 1.82) is 0 Å². The lowest BCUT2D eigenvalue weighted by atomic mass is 9.98. The molecule has 2 fully saturated rings. The van der Waals surface area contributed by atoms with E-state index in [2.05, 4.69) is 26.6 Å². The van der Waals surface area contributed by atoms with Crippen molar-refractivity contribution in [3.63, 3.8) is 0 Å². The van der Waals surface area contributed by atoms with Gasteiger partial charge in [-0.05, 0) is 25.9 Å². The second kappa shape index (κ2) is 6.13. The van der Waals surface area contributed by atoms with Crippen LogP contribution < -0.4 is 4.90 Å². The summed E-state index contributed by atoms with van der Waals surface area (Å²) in [6.07, 6.45) is 6.97. The first-order chi connectivity index (χ1) is 10.8. The minimum absolute atomic E-state index is 0.735. The van der Waals surface area contributed by atoms with Crippen molar-refractivity contribution in [2.75, 3.05) is 44.2 Å². The maximum absolute atomic E-state index is 4.69. The number of fused-ring (bicyclic) bond motifs is 2. The van der Waals surface area contributed by atoms with Gasteiger partial charge in [0.2, 0.25) is 0 Å². The van der Waals surface area contributed by atoms with E-state index in [1.54, 1.807) is 6.33 Å². The Morgan fingerprint density at radius 3 is 3.00 bits per heavy atom. The van der Waals surface area contributed by atoms with Gasteiger partial charge in [0.15, 0.2) is 0 Å². The molecule has 1 aromatic rings. The summed E-state index contributed by atoms with van der Waals surface area (Å²) in [6.45, 7) is 10.3. The Kier molecular flexibility index (Phi) is 4.01. The van der Waals surface area contributed by atoms with E-state index < -0.39 is 0 Å². The molecule has 0 spiro atoms. The first-order valence-electron chi connectivity index (χ1n) is 8.89. The topological polar surface area (TPSA) is 35.5 Å². The molecule has 1 atom stereocenters. The Balaban J connectivity index is 1.58. The fourth-order valence-corrected chi connectivity index (χ4v) is 4.27. The molecule has 0 aromatic carbocycles. The summed E-state index contributed by atoms with van der Waals surface area (Å²) in [5.41, 5.74) is 2.67. The van der Waals surface area contributed by atoms with E-state index in [1.165, 1.54) is 49.4 Å². The van der Waals surface area contributed by atoms with Crippen LogP contribution in [0.25, 0.3) is 0 Å². The Labute approximate surface area is 133 Å². The van der Waals surface area contributed by atoms with Crippen LogP contribution in [-0.4, -0.2) is 65.1 Å². The highest BCUT2D eigenvalue weighted by atomic mass is 15.3. The van der Waals surface area contributed by atoms with Crippen LogP contribution >= 0.6 is 0 Å². The minimum Gasteiger partial charge on any atom is -0.353 e. The third-order valence-corrected chi connectivity index (χ3v) is 5.64. The average Bonchev–Trinajstić information content (AvgIpc) is 2.60. The van der Waals surface area contributed by atoms with E-state index in [-0.39, 0.29) is 0 Å². The largest absolute Gasteiger partial charge is 0.353 e. The fraction of sp³-hybridized carbons (Fsp3) is 0.765. The molecule has 0 saturated carbocycles. The zero-order chi connectivity index (χ0) is 14.9. The highest BCUT2D eigenvalue weighted by Gasteiger charge is 2.31. The molecule has 0 N–H and O–H groups in total. The van der Waals surface area contributed by atoms with Gasteiger partial charge in [-0.3, -0.25) is 9.80 Å². The van der Waals surface area contributed by atoms with E-state index >= 15 is 0 Å². The summed E-state index contributed by atoms with van der Waals surface area (Å²) >= 11 is 0. The molecule has 1 aromatic heterocycles. The monoisotopic (exact) mass is 301 g/mol. The van der Waals surface area contributed by atoms with Crippen molar-refractivity contribution in [3.8, 4) is 0 Å². The molecule has 2 saturated heterocycles. The zero-order valence-electron chi connectivity index (χ0n) is 13.7. The summed E-state index contributed by atoms with van der Waals surface area (Å²) in [4.78, 5) is 17.0. The SMILES string of the molecule is CCN1CCc2ncnc(N3CCN4CCCC[C@@H]4C3)c2C1. The average molecular weight is 301 g/mol. The Morgan fingerprint density at radius 1 is 1.14 bits per heavy atom. The number of hydrogen-bond donors (Lipinski definition) is 0. The van der Waals surface area contributed by atoms with Gasteiger partial charge in [0.05, 0.1) is 5.69 Å². The number of piperidine rings is 1. The quantitative estimate of drug-likeness (QED) is 0.828. The summed E-state index contributed by atoms with van der Waals surface area (Å²) < 4.78 is 0. The third-order valence-electron chi connectivity index (χ3n) is 5.64. The van der Waals surface area contributed by atoms with Gasteiger partial charge < -0.3 is 4.90 Å². The molecule has 3 aliphatic heterocycles. The lowest BCUT2D eigenvalue weighted by Gasteiger charge is -2.45. The molecule has 120 valence electrons. The molecule has 0 bridgehead atoms. The van der Waals surface area contributed by atoms with Crippen molar-refractivity contribution >= 4 is 5.82 Å². The van der Waals surface area contributed by atoms with Crippen LogP contribution in [0.2, 0.25) is 0 Å². The molecule has 4 rings (SSSR count). The summed E-state index contributed by atoms with van der Waals surface area (Å²) in [5, 5.41) is 0. The van der Waals surface area contributed by atoms with E-state index in [4.69, 9.17) is 4.98 Å². The summed E-state index contributed by atoms with van der Waals surface area (Å²) in [6, 6.07) is 0.735. The predicted octanol–water partition coefficient (Wildman–Crippen LogP) is 1.53. The van der Waals surface area contributed by atoms with Gasteiger partial charge in [-0.2, -0.15) is 0 Å². The normalized spacial score (nSPS) is 26.6.